The molecular weight excluding hydrogens is 364 g/mol. The second-order valence-corrected chi connectivity index (χ2v) is 6.71. The number of ether oxygens (including phenoxy) is 1. The number of nitrogens with zero attached hydrogens (tertiary/aromatic N) is 6. The Balaban J connectivity index is 1.51. The van der Waals surface area contributed by atoms with Gasteiger partial charge >= 0.3 is 5.97 Å². The van der Waals surface area contributed by atoms with Gasteiger partial charge in [-0.15, -0.1) is 5.10 Å². The van der Waals surface area contributed by atoms with Crippen LogP contribution in [0.5, 0.6) is 0 Å². The van der Waals surface area contributed by atoms with E-state index in [2.05, 4.69) is 20.5 Å². The van der Waals surface area contributed by atoms with E-state index in [9.17, 15) is 4.79 Å². The summed E-state index contributed by atoms with van der Waals surface area (Å²) in [5.41, 5.74) is 2.96. The molecule has 3 aromatic heterocycles. The molecule has 4 rings (SSSR count). The molecule has 0 radical (unpaired) electrons. The van der Waals surface area contributed by atoms with Crippen LogP contribution in [-0.2, 0) is 17.0 Å². The maximum absolute atomic E-state index is 11.9. The molecule has 1 aromatic carbocycles. The van der Waals surface area contributed by atoms with Crippen molar-refractivity contribution in [3.8, 4) is 0 Å². The number of esters is 1. The molecule has 0 bridgehead atoms. The number of imidazole rings is 1. The second kappa shape index (κ2) is 7.58. The van der Waals surface area contributed by atoms with Crippen molar-refractivity contribution in [2.45, 2.75) is 17.5 Å². The second-order valence-electron chi connectivity index (χ2n) is 5.77. The summed E-state index contributed by atoms with van der Waals surface area (Å²) in [4.78, 5) is 16.4. The van der Waals surface area contributed by atoms with E-state index >= 15 is 0 Å². The summed E-state index contributed by atoms with van der Waals surface area (Å²) in [5.74, 6) is 0.175. The molecule has 0 atom stereocenters. The highest BCUT2D eigenvalue weighted by Crippen LogP contribution is 2.21. The molecule has 136 valence electrons. The summed E-state index contributed by atoms with van der Waals surface area (Å²) < 4.78 is 8.39. The zero-order chi connectivity index (χ0) is 18.6. The standard InChI is InChI=1S/C18H16N6O2S/c1-26-17(25)15-8-5-9-23-11-14(19-16(15)23)12-27-18-20-21-22-24(18)10-13-6-3-2-4-7-13/h2-9,11H,10,12H2,1H3. The number of hydrogen-bond acceptors (Lipinski definition) is 7. The van der Waals surface area contributed by atoms with Gasteiger partial charge in [0, 0.05) is 18.1 Å². The van der Waals surface area contributed by atoms with Crippen molar-refractivity contribution in [2.75, 3.05) is 7.11 Å². The molecule has 0 spiro atoms. The van der Waals surface area contributed by atoms with Gasteiger partial charge in [-0.1, -0.05) is 42.1 Å². The van der Waals surface area contributed by atoms with Gasteiger partial charge in [-0.25, -0.2) is 14.5 Å². The van der Waals surface area contributed by atoms with E-state index in [1.807, 2.05) is 47.1 Å². The monoisotopic (exact) mass is 380 g/mol. The van der Waals surface area contributed by atoms with Gasteiger partial charge < -0.3 is 9.14 Å². The molecule has 0 fully saturated rings. The average Bonchev–Trinajstić information content (AvgIpc) is 3.32. The first-order chi connectivity index (χ1) is 13.2. The maximum atomic E-state index is 11.9. The minimum Gasteiger partial charge on any atom is -0.465 e. The van der Waals surface area contributed by atoms with E-state index < -0.39 is 5.97 Å². The van der Waals surface area contributed by atoms with Gasteiger partial charge in [-0.05, 0) is 28.1 Å². The number of thioether (sulfide) groups is 1. The number of fused-ring (bicyclic) bond motifs is 1. The van der Waals surface area contributed by atoms with Gasteiger partial charge in [0.25, 0.3) is 0 Å². The molecule has 27 heavy (non-hydrogen) atoms. The Bertz CT molecular complexity index is 1080. The molecule has 0 amide bonds. The van der Waals surface area contributed by atoms with Crippen molar-refractivity contribution >= 4 is 23.4 Å². The predicted octanol–water partition coefficient (Wildman–Crippen LogP) is 2.45. The number of benzene rings is 1. The summed E-state index contributed by atoms with van der Waals surface area (Å²) in [6.07, 6.45) is 3.74. The van der Waals surface area contributed by atoms with Gasteiger partial charge in [0.2, 0.25) is 5.16 Å². The first kappa shape index (κ1) is 17.2. The van der Waals surface area contributed by atoms with E-state index in [1.54, 1.807) is 16.8 Å². The van der Waals surface area contributed by atoms with E-state index in [-0.39, 0.29) is 0 Å². The molecule has 0 aliphatic rings. The van der Waals surface area contributed by atoms with Crippen LogP contribution >= 0.6 is 11.8 Å². The summed E-state index contributed by atoms with van der Waals surface area (Å²) in [5, 5.41) is 12.6. The number of carbonyl (C=O) groups is 1. The van der Waals surface area contributed by atoms with Gasteiger partial charge in [-0.2, -0.15) is 0 Å². The third kappa shape index (κ3) is 3.68. The number of carbonyl (C=O) groups excluding carboxylic acids is 1. The summed E-state index contributed by atoms with van der Waals surface area (Å²) >= 11 is 1.50. The fourth-order valence-corrected chi connectivity index (χ4v) is 3.46. The smallest absolute Gasteiger partial charge is 0.341 e. The molecular formula is C18H16N6O2S. The molecule has 0 N–H and O–H groups in total. The molecule has 0 unspecified atom stereocenters. The van der Waals surface area contributed by atoms with Crippen LogP contribution in [-0.4, -0.2) is 42.7 Å². The van der Waals surface area contributed by atoms with Crippen LogP contribution in [0.15, 0.2) is 60.0 Å². The van der Waals surface area contributed by atoms with Crippen molar-refractivity contribution in [1.82, 2.24) is 29.6 Å². The topological polar surface area (TPSA) is 87.2 Å². The minimum atomic E-state index is -0.405. The van der Waals surface area contributed by atoms with E-state index in [1.165, 1.54) is 18.9 Å². The Labute approximate surface area is 159 Å². The number of hydrogen-bond donors (Lipinski definition) is 0. The molecule has 0 aliphatic heterocycles. The Morgan fingerprint density at radius 3 is 2.85 bits per heavy atom. The average molecular weight is 380 g/mol. The van der Waals surface area contributed by atoms with Crippen LogP contribution in [0.3, 0.4) is 0 Å². The largest absolute Gasteiger partial charge is 0.465 e. The Morgan fingerprint density at radius 2 is 2.04 bits per heavy atom. The van der Waals surface area contributed by atoms with E-state index in [0.29, 0.717) is 28.7 Å². The van der Waals surface area contributed by atoms with Crippen LogP contribution in [0.25, 0.3) is 5.65 Å². The van der Waals surface area contributed by atoms with Crippen LogP contribution in [0.1, 0.15) is 21.6 Å². The van der Waals surface area contributed by atoms with Crippen LogP contribution in [0.4, 0.5) is 0 Å². The molecule has 8 nitrogen and oxygen atoms in total. The lowest BCUT2D eigenvalue weighted by Gasteiger charge is -2.03. The lowest BCUT2D eigenvalue weighted by molar-refractivity contribution is 0.0602. The lowest BCUT2D eigenvalue weighted by atomic mass is 10.2. The number of rotatable bonds is 6. The van der Waals surface area contributed by atoms with Crippen molar-refractivity contribution < 1.29 is 9.53 Å². The van der Waals surface area contributed by atoms with E-state index in [4.69, 9.17) is 4.74 Å². The highest BCUT2D eigenvalue weighted by Gasteiger charge is 2.14. The van der Waals surface area contributed by atoms with Crippen LogP contribution in [0.2, 0.25) is 0 Å². The van der Waals surface area contributed by atoms with Crippen molar-refractivity contribution in [1.29, 1.82) is 0 Å². The SMILES string of the molecule is COC(=O)c1cccn2cc(CSc3nnnn3Cc3ccccc3)nc12. The van der Waals surface area contributed by atoms with Gasteiger partial charge in [-0.3, -0.25) is 0 Å². The predicted molar refractivity (Wildman–Crippen MR) is 99.5 cm³/mol. The van der Waals surface area contributed by atoms with Crippen molar-refractivity contribution in [3.05, 3.63) is 71.7 Å². The number of aromatic nitrogens is 6. The summed E-state index contributed by atoms with van der Waals surface area (Å²) in [6.45, 7) is 0.605. The first-order valence-electron chi connectivity index (χ1n) is 8.22. The van der Waals surface area contributed by atoms with Crippen LogP contribution < -0.4 is 0 Å². The molecule has 0 saturated heterocycles. The molecule has 3 heterocycles. The quantitative estimate of drug-likeness (QED) is 0.375. The third-order valence-corrected chi connectivity index (χ3v) is 4.95. The number of methoxy groups -OCH3 is 1. The molecule has 0 aliphatic carbocycles. The van der Waals surface area contributed by atoms with Crippen LogP contribution in [0, 0.1) is 0 Å². The zero-order valence-corrected chi connectivity index (χ0v) is 15.3. The highest BCUT2D eigenvalue weighted by molar-refractivity contribution is 7.98. The maximum Gasteiger partial charge on any atom is 0.341 e. The molecule has 9 heteroatoms. The zero-order valence-electron chi connectivity index (χ0n) is 14.5. The van der Waals surface area contributed by atoms with Crippen molar-refractivity contribution in [3.63, 3.8) is 0 Å². The highest BCUT2D eigenvalue weighted by atomic mass is 32.2. The summed E-state index contributed by atoms with van der Waals surface area (Å²) in [6, 6.07) is 13.5. The van der Waals surface area contributed by atoms with E-state index in [0.717, 1.165) is 11.3 Å². The Morgan fingerprint density at radius 1 is 1.19 bits per heavy atom. The lowest BCUT2D eigenvalue weighted by Crippen LogP contribution is -2.04. The van der Waals surface area contributed by atoms with Gasteiger partial charge in [0.05, 0.1) is 19.3 Å². The summed E-state index contributed by atoms with van der Waals surface area (Å²) in [7, 11) is 1.36. The first-order valence-corrected chi connectivity index (χ1v) is 9.21. The normalized spacial score (nSPS) is 11.0. The minimum absolute atomic E-state index is 0.405. The number of tetrazole rings is 1. The number of pyridine rings is 1. The molecule has 0 saturated carbocycles. The Hall–Kier alpha value is -3.20. The van der Waals surface area contributed by atoms with Gasteiger partial charge in [0.15, 0.2) is 5.65 Å². The molecule has 4 aromatic rings. The Kier molecular flexibility index (Phi) is 4.84. The fraction of sp³-hybridized carbons (Fsp3) is 0.167. The van der Waals surface area contributed by atoms with Gasteiger partial charge in [0.1, 0.15) is 5.56 Å². The fourth-order valence-electron chi connectivity index (χ4n) is 2.70. The van der Waals surface area contributed by atoms with Crippen molar-refractivity contribution in [2.24, 2.45) is 0 Å². The third-order valence-electron chi connectivity index (χ3n) is 3.96.